The quantitative estimate of drug-likeness (QED) is 0.901. The lowest BCUT2D eigenvalue weighted by atomic mass is 9.96. The fourth-order valence-corrected chi connectivity index (χ4v) is 2.24. The Balaban J connectivity index is 3.00. The summed E-state index contributed by atoms with van der Waals surface area (Å²) in [7, 11) is 0. The van der Waals surface area contributed by atoms with Crippen LogP contribution in [0.3, 0.4) is 0 Å². The Morgan fingerprint density at radius 1 is 1.32 bits per heavy atom. The highest BCUT2D eigenvalue weighted by Gasteiger charge is 2.21. The SMILES string of the molecule is Cc1c(C(C)C)nc2c(F)cc(F)cc2c1C(=O)O. The zero-order valence-corrected chi connectivity index (χ0v) is 10.8. The van der Waals surface area contributed by atoms with Crippen LogP contribution < -0.4 is 0 Å². The van der Waals surface area contributed by atoms with Crippen LogP contribution in [0.4, 0.5) is 8.78 Å². The third-order valence-electron chi connectivity index (χ3n) is 3.05. The smallest absolute Gasteiger partial charge is 0.336 e. The van der Waals surface area contributed by atoms with Gasteiger partial charge in [-0.3, -0.25) is 0 Å². The monoisotopic (exact) mass is 265 g/mol. The van der Waals surface area contributed by atoms with E-state index in [0.717, 1.165) is 6.07 Å². The lowest BCUT2D eigenvalue weighted by Gasteiger charge is -2.14. The van der Waals surface area contributed by atoms with E-state index in [-0.39, 0.29) is 22.4 Å². The number of fused-ring (bicyclic) bond motifs is 1. The highest BCUT2D eigenvalue weighted by Crippen LogP contribution is 2.29. The second-order valence-electron chi connectivity index (χ2n) is 4.74. The van der Waals surface area contributed by atoms with Crippen LogP contribution in [-0.4, -0.2) is 16.1 Å². The Morgan fingerprint density at radius 2 is 1.95 bits per heavy atom. The van der Waals surface area contributed by atoms with Crippen LogP contribution in [0.5, 0.6) is 0 Å². The molecule has 5 heteroatoms. The zero-order chi connectivity index (χ0) is 14.3. The van der Waals surface area contributed by atoms with Gasteiger partial charge in [-0.2, -0.15) is 0 Å². The van der Waals surface area contributed by atoms with E-state index >= 15 is 0 Å². The van der Waals surface area contributed by atoms with Gasteiger partial charge in [0.1, 0.15) is 11.3 Å². The van der Waals surface area contributed by atoms with Crippen LogP contribution >= 0.6 is 0 Å². The summed E-state index contributed by atoms with van der Waals surface area (Å²) < 4.78 is 27.0. The van der Waals surface area contributed by atoms with Crippen LogP contribution in [-0.2, 0) is 0 Å². The van der Waals surface area contributed by atoms with E-state index in [9.17, 15) is 18.7 Å². The summed E-state index contributed by atoms with van der Waals surface area (Å²) in [5.74, 6) is -2.92. The Morgan fingerprint density at radius 3 is 2.47 bits per heavy atom. The minimum Gasteiger partial charge on any atom is -0.478 e. The summed E-state index contributed by atoms with van der Waals surface area (Å²) in [6.45, 7) is 5.29. The van der Waals surface area contributed by atoms with E-state index < -0.39 is 17.6 Å². The van der Waals surface area contributed by atoms with Gasteiger partial charge in [-0.25, -0.2) is 18.6 Å². The van der Waals surface area contributed by atoms with E-state index in [1.165, 1.54) is 0 Å². The fourth-order valence-electron chi connectivity index (χ4n) is 2.24. The average Bonchev–Trinajstić information content (AvgIpc) is 2.26. The molecule has 0 saturated carbocycles. The van der Waals surface area contributed by atoms with Crippen molar-refractivity contribution in [3.8, 4) is 0 Å². The number of nitrogens with zero attached hydrogens (tertiary/aromatic N) is 1. The third kappa shape index (κ3) is 2.16. The maximum Gasteiger partial charge on any atom is 0.336 e. The van der Waals surface area contributed by atoms with E-state index in [1.54, 1.807) is 6.92 Å². The molecule has 0 bridgehead atoms. The number of carboxylic acid groups (broad SMARTS) is 1. The second-order valence-corrected chi connectivity index (χ2v) is 4.74. The molecule has 2 aromatic rings. The molecule has 3 nitrogen and oxygen atoms in total. The molecule has 0 aliphatic rings. The van der Waals surface area contributed by atoms with Gasteiger partial charge in [0.25, 0.3) is 0 Å². The van der Waals surface area contributed by atoms with Crippen molar-refractivity contribution < 1.29 is 18.7 Å². The van der Waals surface area contributed by atoms with Gasteiger partial charge in [0, 0.05) is 17.1 Å². The van der Waals surface area contributed by atoms with Crippen LogP contribution in [0.25, 0.3) is 10.9 Å². The second kappa shape index (κ2) is 4.57. The normalized spacial score (nSPS) is 11.3. The lowest BCUT2D eigenvalue weighted by molar-refractivity contribution is 0.0698. The Kier molecular flexibility index (Phi) is 3.22. The summed E-state index contributed by atoms with van der Waals surface area (Å²) >= 11 is 0. The first-order valence-corrected chi connectivity index (χ1v) is 5.85. The molecule has 2 rings (SSSR count). The van der Waals surface area contributed by atoms with Crippen LogP contribution in [0, 0.1) is 18.6 Å². The minimum absolute atomic E-state index is 0.00750. The molecule has 0 spiro atoms. The number of pyridine rings is 1. The number of rotatable bonds is 2. The Hall–Kier alpha value is -2.04. The highest BCUT2D eigenvalue weighted by molar-refractivity contribution is 6.04. The number of halogens is 2. The van der Waals surface area contributed by atoms with Gasteiger partial charge < -0.3 is 5.11 Å². The predicted molar refractivity (Wildman–Crippen MR) is 67.4 cm³/mol. The van der Waals surface area contributed by atoms with Gasteiger partial charge in [0.15, 0.2) is 5.82 Å². The maximum absolute atomic E-state index is 13.8. The fraction of sp³-hybridized carbons (Fsp3) is 0.286. The largest absolute Gasteiger partial charge is 0.478 e. The topological polar surface area (TPSA) is 50.2 Å². The van der Waals surface area contributed by atoms with Crippen LogP contribution in [0.15, 0.2) is 12.1 Å². The first kappa shape index (κ1) is 13.4. The molecule has 0 fully saturated rings. The van der Waals surface area contributed by atoms with E-state index in [1.807, 2.05) is 13.8 Å². The van der Waals surface area contributed by atoms with Gasteiger partial charge in [0.05, 0.1) is 5.56 Å². The molecule has 1 N–H and O–H groups in total. The predicted octanol–water partition coefficient (Wildman–Crippen LogP) is 3.64. The first-order valence-electron chi connectivity index (χ1n) is 5.85. The number of benzene rings is 1. The number of aromatic carboxylic acids is 1. The summed E-state index contributed by atoms with van der Waals surface area (Å²) in [6.07, 6.45) is 0. The number of carbonyl (C=O) groups is 1. The van der Waals surface area contributed by atoms with E-state index in [0.29, 0.717) is 17.3 Å². The molecule has 100 valence electrons. The van der Waals surface area contributed by atoms with Crippen molar-refractivity contribution in [2.75, 3.05) is 0 Å². The zero-order valence-electron chi connectivity index (χ0n) is 10.8. The molecular formula is C14H13F2NO2. The van der Waals surface area contributed by atoms with Crippen LogP contribution in [0.2, 0.25) is 0 Å². The van der Waals surface area contributed by atoms with Crippen molar-refractivity contribution in [3.63, 3.8) is 0 Å². The number of carboxylic acids is 1. The van der Waals surface area contributed by atoms with Crippen molar-refractivity contribution >= 4 is 16.9 Å². The minimum atomic E-state index is -1.21. The molecule has 0 saturated heterocycles. The summed E-state index contributed by atoms with van der Waals surface area (Å²) in [4.78, 5) is 15.5. The molecule has 0 aliphatic heterocycles. The lowest BCUT2D eigenvalue weighted by Crippen LogP contribution is -2.09. The summed E-state index contributed by atoms with van der Waals surface area (Å²) in [5, 5.41) is 9.27. The Bertz CT molecular complexity index is 681. The molecule has 1 aromatic carbocycles. The molecular weight excluding hydrogens is 252 g/mol. The van der Waals surface area contributed by atoms with Gasteiger partial charge >= 0.3 is 5.97 Å². The van der Waals surface area contributed by atoms with Crippen molar-refractivity contribution in [3.05, 3.63) is 40.6 Å². The van der Waals surface area contributed by atoms with Crippen molar-refractivity contribution in [1.82, 2.24) is 4.98 Å². The van der Waals surface area contributed by atoms with Gasteiger partial charge in [0.2, 0.25) is 0 Å². The van der Waals surface area contributed by atoms with Gasteiger partial charge in [-0.15, -0.1) is 0 Å². The van der Waals surface area contributed by atoms with E-state index in [2.05, 4.69) is 4.98 Å². The molecule has 1 heterocycles. The number of hydrogen-bond donors (Lipinski definition) is 1. The molecule has 0 aliphatic carbocycles. The summed E-state index contributed by atoms with van der Waals surface area (Å²) in [5.41, 5.74) is 0.760. The van der Waals surface area contributed by atoms with E-state index in [4.69, 9.17) is 0 Å². The number of aromatic nitrogens is 1. The van der Waals surface area contributed by atoms with Crippen molar-refractivity contribution in [1.29, 1.82) is 0 Å². The highest BCUT2D eigenvalue weighted by atomic mass is 19.1. The molecule has 0 unspecified atom stereocenters. The van der Waals surface area contributed by atoms with Gasteiger partial charge in [-0.05, 0) is 24.5 Å². The Labute approximate surface area is 108 Å². The maximum atomic E-state index is 13.8. The standard InChI is InChI=1S/C14H13F2NO2/c1-6(2)12-7(3)11(14(18)19)9-4-8(15)5-10(16)13(9)17-12/h4-6H,1-3H3,(H,18,19). The van der Waals surface area contributed by atoms with Crippen LogP contribution in [0.1, 0.15) is 41.4 Å². The van der Waals surface area contributed by atoms with Crippen molar-refractivity contribution in [2.45, 2.75) is 26.7 Å². The number of hydrogen-bond acceptors (Lipinski definition) is 2. The first-order chi connectivity index (χ1) is 8.82. The van der Waals surface area contributed by atoms with Crippen molar-refractivity contribution in [2.24, 2.45) is 0 Å². The molecule has 1 aromatic heterocycles. The molecule has 0 amide bonds. The average molecular weight is 265 g/mol. The summed E-state index contributed by atoms with van der Waals surface area (Å²) in [6, 6.07) is 1.71. The molecule has 19 heavy (non-hydrogen) atoms. The molecule has 0 atom stereocenters. The van der Waals surface area contributed by atoms with Gasteiger partial charge in [-0.1, -0.05) is 13.8 Å². The molecule has 0 radical (unpaired) electrons. The third-order valence-corrected chi connectivity index (χ3v) is 3.05.